The normalized spacial score (nSPS) is 10.4. The van der Waals surface area contributed by atoms with Gasteiger partial charge in [0.2, 0.25) is 0 Å². The fourth-order valence-electron chi connectivity index (χ4n) is 1.74. The molecule has 0 saturated carbocycles. The molecule has 3 heteroatoms. The third-order valence-corrected chi connectivity index (χ3v) is 2.62. The molecule has 16 heavy (non-hydrogen) atoms. The summed E-state index contributed by atoms with van der Waals surface area (Å²) in [7, 11) is 1.39. The summed E-state index contributed by atoms with van der Waals surface area (Å²) in [6.45, 7) is 2.01. The van der Waals surface area contributed by atoms with Crippen LogP contribution in [0.25, 0.3) is 10.8 Å². The van der Waals surface area contributed by atoms with Crippen LogP contribution in [0.15, 0.2) is 30.5 Å². The van der Waals surface area contributed by atoms with Crippen LogP contribution in [0.5, 0.6) is 0 Å². The molecule has 2 rings (SSSR count). The first-order chi connectivity index (χ1) is 7.72. The molecule has 0 aliphatic heterocycles. The second-order valence-electron chi connectivity index (χ2n) is 3.69. The lowest BCUT2D eigenvalue weighted by Crippen LogP contribution is -2.06. The molecule has 0 radical (unpaired) electrons. The fourth-order valence-corrected chi connectivity index (χ4v) is 1.74. The van der Waals surface area contributed by atoms with Crippen molar-refractivity contribution in [2.45, 2.75) is 13.3 Å². The first-order valence-corrected chi connectivity index (χ1v) is 5.12. The second-order valence-corrected chi connectivity index (χ2v) is 3.69. The van der Waals surface area contributed by atoms with E-state index in [2.05, 4.69) is 9.72 Å². The van der Waals surface area contributed by atoms with Crippen LogP contribution in [-0.4, -0.2) is 18.1 Å². The van der Waals surface area contributed by atoms with E-state index >= 15 is 0 Å². The molecule has 0 atom stereocenters. The van der Waals surface area contributed by atoms with Crippen LogP contribution in [0.4, 0.5) is 0 Å². The van der Waals surface area contributed by atoms with Gasteiger partial charge in [-0.15, -0.1) is 0 Å². The highest BCUT2D eigenvalue weighted by molar-refractivity contribution is 5.89. The number of pyridine rings is 1. The van der Waals surface area contributed by atoms with Gasteiger partial charge in [0.25, 0.3) is 0 Å². The molecule has 1 heterocycles. The van der Waals surface area contributed by atoms with Gasteiger partial charge in [-0.05, 0) is 17.9 Å². The van der Waals surface area contributed by atoms with E-state index in [1.807, 2.05) is 31.2 Å². The number of aromatic nitrogens is 1. The van der Waals surface area contributed by atoms with Gasteiger partial charge in [-0.2, -0.15) is 0 Å². The van der Waals surface area contributed by atoms with Gasteiger partial charge in [0.05, 0.1) is 19.2 Å². The standard InChI is InChI=1S/C13H13NO2/c1-9-8-14-12(7-13(15)16-2)11-6-4-3-5-10(9)11/h3-6,8H,7H2,1-2H3. The summed E-state index contributed by atoms with van der Waals surface area (Å²) in [5, 5.41) is 2.16. The number of esters is 1. The van der Waals surface area contributed by atoms with E-state index in [0.29, 0.717) is 0 Å². The second kappa shape index (κ2) is 4.31. The largest absolute Gasteiger partial charge is 0.469 e. The van der Waals surface area contributed by atoms with E-state index in [4.69, 9.17) is 0 Å². The van der Waals surface area contributed by atoms with E-state index in [1.54, 1.807) is 6.20 Å². The van der Waals surface area contributed by atoms with Crippen molar-refractivity contribution in [3.63, 3.8) is 0 Å². The summed E-state index contributed by atoms with van der Waals surface area (Å²) < 4.78 is 4.65. The Kier molecular flexibility index (Phi) is 2.86. The Labute approximate surface area is 94.1 Å². The minimum atomic E-state index is -0.262. The Hall–Kier alpha value is -1.90. The summed E-state index contributed by atoms with van der Waals surface area (Å²) in [6, 6.07) is 7.95. The van der Waals surface area contributed by atoms with Crippen molar-refractivity contribution in [2.75, 3.05) is 7.11 Å². The molecule has 0 spiro atoms. The van der Waals surface area contributed by atoms with Crippen molar-refractivity contribution in [1.29, 1.82) is 0 Å². The molecule has 0 aliphatic rings. The lowest BCUT2D eigenvalue weighted by molar-refractivity contribution is -0.139. The van der Waals surface area contributed by atoms with Gasteiger partial charge in [0.15, 0.2) is 0 Å². The van der Waals surface area contributed by atoms with Crippen LogP contribution >= 0.6 is 0 Å². The summed E-state index contributed by atoms with van der Waals surface area (Å²) in [4.78, 5) is 15.5. The van der Waals surface area contributed by atoms with Gasteiger partial charge >= 0.3 is 5.97 Å². The van der Waals surface area contributed by atoms with Crippen molar-refractivity contribution in [1.82, 2.24) is 4.98 Å². The Bertz CT molecular complexity index is 534. The number of hydrogen-bond donors (Lipinski definition) is 0. The van der Waals surface area contributed by atoms with Crippen molar-refractivity contribution in [3.8, 4) is 0 Å². The molecule has 2 aromatic rings. The molecular formula is C13H13NO2. The molecule has 3 nitrogen and oxygen atoms in total. The molecule has 0 unspecified atom stereocenters. The SMILES string of the molecule is COC(=O)Cc1ncc(C)c2ccccc12. The van der Waals surface area contributed by atoms with Crippen LogP contribution in [-0.2, 0) is 16.0 Å². The lowest BCUT2D eigenvalue weighted by Gasteiger charge is -2.06. The fraction of sp³-hybridized carbons (Fsp3) is 0.231. The number of aryl methyl sites for hydroxylation is 1. The Morgan fingerprint density at radius 2 is 2.00 bits per heavy atom. The number of carbonyl (C=O) groups is 1. The third kappa shape index (κ3) is 1.89. The molecule has 0 aliphatic carbocycles. The Balaban J connectivity index is 2.54. The van der Waals surface area contributed by atoms with Crippen LogP contribution in [0.1, 0.15) is 11.3 Å². The predicted octanol–water partition coefficient (Wildman–Crippen LogP) is 2.26. The summed E-state index contributed by atoms with van der Waals surface area (Å²) in [5.41, 5.74) is 1.89. The first-order valence-electron chi connectivity index (χ1n) is 5.12. The molecule has 0 N–H and O–H groups in total. The van der Waals surface area contributed by atoms with Crippen LogP contribution < -0.4 is 0 Å². The highest BCUT2D eigenvalue weighted by atomic mass is 16.5. The van der Waals surface area contributed by atoms with Gasteiger partial charge in [-0.3, -0.25) is 9.78 Å². The topological polar surface area (TPSA) is 39.2 Å². The van der Waals surface area contributed by atoms with Crippen LogP contribution in [0.2, 0.25) is 0 Å². The number of hydrogen-bond acceptors (Lipinski definition) is 3. The average Bonchev–Trinajstić information content (AvgIpc) is 2.33. The predicted molar refractivity (Wildman–Crippen MR) is 62.2 cm³/mol. The minimum Gasteiger partial charge on any atom is -0.469 e. The monoisotopic (exact) mass is 215 g/mol. The van der Waals surface area contributed by atoms with Gasteiger partial charge in [0.1, 0.15) is 0 Å². The highest BCUT2D eigenvalue weighted by Crippen LogP contribution is 2.20. The quantitative estimate of drug-likeness (QED) is 0.721. The Morgan fingerprint density at radius 3 is 2.69 bits per heavy atom. The summed E-state index contributed by atoms with van der Waals surface area (Å²) in [5.74, 6) is -0.262. The van der Waals surface area contributed by atoms with Gasteiger partial charge < -0.3 is 4.74 Å². The molecule has 82 valence electrons. The molecule has 0 amide bonds. The number of benzene rings is 1. The van der Waals surface area contributed by atoms with Crippen molar-refractivity contribution in [3.05, 3.63) is 41.7 Å². The number of nitrogens with zero attached hydrogens (tertiary/aromatic N) is 1. The molecular weight excluding hydrogens is 202 g/mol. The van der Waals surface area contributed by atoms with Crippen molar-refractivity contribution >= 4 is 16.7 Å². The van der Waals surface area contributed by atoms with Crippen molar-refractivity contribution < 1.29 is 9.53 Å². The summed E-state index contributed by atoms with van der Waals surface area (Å²) in [6.07, 6.45) is 2.01. The van der Waals surface area contributed by atoms with Gasteiger partial charge in [-0.25, -0.2) is 0 Å². The first kappa shape index (κ1) is 10.6. The molecule has 1 aromatic heterocycles. The average molecular weight is 215 g/mol. The zero-order valence-electron chi connectivity index (χ0n) is 9.36. The maximum absolute atomic E-state index is 11.2. The van der Waals surface area contributed by atoms with Crippen molar-refractivity contribution in [2.24, 2.45) is 0 Å². The minimum absolute atomic E-state index is 0.220. The van der Waals surface area contributed by atoms with Gasteiger partial charge in [0, 0.05) is 11.6 Å². The number of fused-ring (bicyclic) bond motifs is 1. The van der Waals surface area contributed by atoms with Gasteiger partial charge in [-0.1, -0.05) is 24.3 Å². The third-order valence-electron chi connectivity index (χ3n) is 2.62. The zero-order valence-corrected chi connectivity index (χ0v) is 9.36. The summed E-state index contributed by atoms with van der Waals surface area (Å²) >= 11 is 0. The molecule has 0 bridgehead atoms. The zero-order chi connectivity index (χ0) is 11.5. The maximum atomic E-state index is 11.2. The van der Waals surface area contributed by atoms with E-state index in [0.717, 1.165) is 22.0 Å². The molecule has 1 aromatic carbocycles. The number of methoxy groups -OCH3 is 1. The van der Waals surface area contributed by atoms with E-state index in [1.165, 1.54) is 7.11 Å². The number of carbonyl (C=O) groups excluding carboxylic acids is 1. The number of rotatable bonds is 2. The smallest absolute Gasteiger partial charge is 0.311 e. The van der Waals surface area contributed by atoms with E-state index in [-0.39, 0.29) is 12.4 Å². The molecule has 0 fully saturated rings. The number of ether oxygens (including phenoxy) is 1. The van der Waals surface area contributed by atoms with E-state index < -0.39 is 0 Å². The maximum Gasteiger partial charge on any atom is 0.311 e. The van der Waals surface area contributed by atoms with Crippen LogP contribution in [0, 0.1) is 6.92 Å². The highest BCUT2D eigenvalue weighted by Gasteiger charge is 2.09. The lowest BCUT2D eigenvalue weighted by atomic mass is 10.0. The Morgan fingerprint density at radius 1 is 1.31 bits per heavy atom. The molecule has 0 saturated heterocycles. The van der Waals surface area contributed by atoms with Crippen LogP contribution in [0.3, 0.4) is 0 Å². The van der Waals surface area contributed by atoms with E-state index in [9.17, 15) is 4.79 Å².